The number of halogens is 2. The Bertz CT molecular complexity index is 1930. The van der Waals surface area contributed by atoms with Gasteiger partial charge in [0, 0.05) is 18.1 Å². The minimum Gasteiger partial charge on any atom is -0.447 e. The van der Waals surface area contributed by atoms with Crippen LogP contribution in [0.15, 0.2) is 23.7 Å². The minimum absolute atomic E-state index is 0.200. The molecule has 0 bridgehead atoms. The third-order valence-corrected chi connectivity index (χ3v) is 10.9. The van der Waals surface area contributed by atoms with Crippen molar-refractivity contribution in [2.75, 3.05) is 0 Å². The maximum absolute atomic E-state index is 14.7. The van der Waals surface area contributed by atoms with Crippen LogP contribution in [0.4, 0.5) is 8.78 Å². The largest absolute Gasteiger partial charge is 0.447 e. The Kier molecular flexibility index (Phi) is 11.1. The van der Waals surface area contributed by atoms with Crippen LogP contribution in [-0.4, -0.2) is 35.1 Å². The molecule has 2 fully saturated rings. The van der Waals surface area contributed by atoms with Gasteiger partial charge in [0.05, 0.1) is 5.41 Å². The number of hydrogen-bond acceptors (Lipinski definition) is 8. The lowest BCUT2D eigenvalue weighted by atomic mass is 9.81. The maximum Gasteiger partial charge on any atom is 0.343 e. The Labute approximate surface area is 311 Å². The summed E-state index contributed by atoms with van der Waals surface area (Å²) in [5.41, 5.74) is 2.13. The Morgan fingerprint density at radius 3 is 1.32 bits per heavy atom. The van der Waals surface area contributed by atoms with Gasteiger partial charge in [-0.2, -0.15) is 0 Å². The van der Waals surface area contributed by atoms with Crippen LogP contribution in [0.2, 0.25) is 0 Å². The molecule has 2 aromatic carbocycles. The zero-order chi connectivity index (χ0) is 39.2. The molecule has 4 aliphatic rings. The number of carbonyl (C=O) groups excluding carboxylic acids is 4. The molecule has 2 aromatic rings. The van der Waals surface area contributed by atoms with Gasteiger partial charge in [-0.25, -0.2) is 18.4 Å². The molecule has 53 heavy (non-hydrogen) atoms. The SMILES string of the molecule is CC(=O)OC1=C(c2c(C)cc(C)c(F)c2C)C(=O)OC12CCCCC2.Cc1cc(C)c(C2=C(OC(=O)C(C)(C)C)C3(CCCCC3)OC2=O)c(C)c1F. The van der Waals surface area contributed by atoms with E-state index in [1.54, 1.807) is 60.6 Å². The molecule has 6 rings (SSSR count). The number of rotatable bonds is 4. The molecule has 286 valence electrons. The van der Waals surface area contributed by atoms with Crippen LogP contribution in [0.3, 0.4) is 0 Å². The summed E-state index contributed by atoms with van der Waals surface area (Å²) in [6.07, 6.45) is 8.13. The van der Waals surface area contributed by atoms with Crippen LogP contribution in [0, 0.1) is 58.6 Å². The van der Waals surface area contributed by atoms with Crippen molar-refractivity contribution in [3.8, 4) is 0 Å². The first-order valence-electron chi connectivity index (χ1n) is 18.6. The second-order valence-electron chi connectivity index (χ2n) is 16.2. The molecule has 2 aliphatic heterocycles. The molecule has 0 N–H and O–H groups in total. The zero-order valence-corrected chi connectivity index (χ0v) is 32.7. The van der Waals surface area contributed by atoms with Gasteiger partial charge in [0.15, 0.2) is 22.7 Å². The average molecular weight is 735 g/mol. The van der Waals surface area contributed by atoms with Gasteiger partial charge in [-0.3, -0.25) is 9.59 Å². The van der Waals surface area contributed by atoms with Crippen molar-refractivity contribution >= 4 is 35.0 Å². The van der Waals surface area contributed by atoms with Gasteiger partial charge in [0.25, 0.3) is 0 Å². The normalized spacial score (nSPS) is 19.2. The molecule has 10 heteroatoms. The molecule has 0 atom stereocenters. The molecule has 0 aromatic heterocycles. The highest BCUT2D eigenvalue weighted by molar-refractivity contribution is 6.21. The highest BCUT2D eigenvalue weighted by atomic mass is 19.1. The summed E-state index contributed by atoms with van der Waals surface area (Å²) in [5.74, 6) is -2.17. The fourth-order valence-corrected chi connectivity index (χ4v) is 8.30. The molecular weight excluding hydrogens is 682 g/mol. The minimum atomic E-state index is -0.925. The Balaban J connectivity index is 0.000000206. The highest BCUT2D eigenvalue weighted by Crippen LogP contribution is 2.50. The van der Waals surface area contributed by atoms with Crippen molar-refractivity contribution in [2.45, 2.75) is 145 Å². The van der Waals surface area contributed by atoms with Gasteiger partial charge in [0.2, 0.25) is 0 Å². The zero-order valence-electron chi connectivity index (χ0n) is 32.7. The summed E-state index contributed by atoms with van der Waals surface area (Å²) in [6.45, 7) is 17.0. The quantitative estimate of drug-likeness (QED) is 0.226. The van der Waals surface area contributed by atoms with E-state index < -0.39 is 40.5 Å². The number of hydrogen-bond donors (Lipinski definition) is 0. The Hall–Kier alpha value is -4.34. The molecule has 2 spiro atoms. The molecule has 0 amide bonds. The second-order valence-corrected chi connectivity index (χ2v) is 16.2. The molecule has 0 unspecified atom stereocenters. The van der Waals surface area contributed by atoms with Crippen molar-refractivity contribution in [3.63, 3.8) is 0 Å². The predicted octanol–water partition coefficient (Wildman–Crippen LogP) is 9.60. The van der Waals surface area contributed by atoms with Gasteiger partial charge in [-0.15, -0.1) is 0 Å². The first-order valence-corrected chi connectivity index (χ1v) is 18.6. The lowest BCUT2D eigenvalue weighted by Gasteiger charge is -2.34. The van der Waals surface area contributed by atoms with E-state index in [1.807, 2.05) is 13.8 Å². The van der Waals surface area contributed by atoms with Gasteiger partial charge < -0.3 is 18.9 Å². The summed E-state index contributed by atoms with van der Waals surface area (Å²) in [7, 11) is 0. The van der Waals surface area contributed by atoms with E-state index in [-0.39, 0.29) is 34.3 Å². The van der Waals surface area contributed by atoms with Crippen LogP contribution in [0.25, 0.3) is 11.1 Å². The molecule has 0 saturated heterocycles. The third kappa shape index (κ3) is 7.43. The van der Waals surface area contributed by atoms with Crippen molar-refractivity contribution < 1.29 is 46.9 Å². The van der Waals surface area contributed by atoms with Crippen molar-refractivity contribution in [3.05, 3.63) is 79.8 Å². The fraction of sp³-hybridized carbons (Fsp3) is 0.535. The third-order valence-electron chi connectivity index (χ3n) is 10.9. The highest BCUT2D eigenvalue weighted by Gasteiger charge is 2.53. The molecule has 2 saturated carbocycles. The van der Waals surface area contributed by atoms with Crippen LogP contribution >= 0.6 is 0 Å². The summed E-state index contributed by atoms with van der Waals surface area (Å²) >= 11 is 0. The van der Waals surface area contributed by atoms with Crippen LogP contribution in [0.1, 0.15) is 136 Å². The molecule has 8 nitrogen and oxygen atoms in total. The predicted molar refractivity (Wildman–Crippen MR) is 196 cm³/mol. The van der Waals surface area contributed by atoms with Crippen LogP contribution in [-0.2, 0) is 38.1 Å². The molecule has 0 radical (unpaired) electrons. The van der Waals surface area contributed by atoms with E-state index in [2.05, 4.69) is 0 Å². The van der Waals surface area contributed by atoms with Crippen molar-refractivity contribution in [1.82, 2.24) is 0 Å². The maximum atomic E-state index is 14.7. The van der Waals surface area contributed by atoms with Crippen molar-refractivity contribution in [1.29, 1.82) is 0 Å². The van der Waals surface area contributed by atoms with Crippen LogP contribution in [0.5, 0.6) is 0 Å². The number of carbonyl (C=O) groups is 4. The van der Waals surface area contributed by atoms with E-state index in [4.69, 9.17) is 18.9 Å². The number of benzene rings is 2. The van der Waals surface area contributed by atoms with Gasteiger partial charge in [-0.05, 0) is 147 Å². The molecule has 2 aliphatic carbocycles. The van der Waals surface area contributed by atoms with E-state index in [0.717, 1.165) is 49.7 Å². The van der Waals surface area contributed by atoms with Gasteiger partial charge in [0.1, 0.15) is 22.8 Å². The van der Waals surface area contributed by atoms with Crippen LogP contribution < -0.4 is 0 Å². The Morgan fingerprint density at radius 2 is 0.981 bits per heavy atom. The molecule has 2 heterocycles. The topological polar surface area (TPSA) is 105 Å². The van der Waals surface area contributed by atoms with E-state index in [9.17, 15) is 28.0 Å². The second kappa shape index (κ2) is 14.8. The fourth-order valence-electron chi connectivity index (χ4n) is 8.30. The standard InChI is InChI=1S/C23H29FO4.C20H23FO4/c1-13-12-14(2)18(24)15(3)16(13)17-19(27-21(26)22(4,5)6)23(28-20(17)25)10-8-7-9-11-23;1-11-10-12(2)17(21)13(3)15(11)16-18(24-14(4)22)20(25-19(16)23)8-6-5-7-9-20/h12H,7-11H2,1-6H3;10H,5-9H2,1-4H3. The Morgan fingerprint density at radius 1 is 0.623 bits per heavy atom. The van der Waals surface area contributed by atoms with E-state index >= 15 is 0 Å². The smallest absolute Gasteiger partial charge is 0.343 e. The molecular formula is C43H52F2O8. The summed E-state index contributed by atoms with van der Waals surface area (Å²) in [4.78, 5) is 50.2. The number of aryl methyl sites for hydroxylation is 4. The first kappa shape index (κ1) is 39.9. The number of ether oxygens (including phenoxy) is 4. The van der Waals surface area contributed by atoms with Crippen molar-refractivity contribution in [2.24, 2.45) is 5.41 Å². The lowest BCUT2D eigenvalue weighted by molar-refractivity contribution is -0.159. The lowest BCUT2D eigenvalue weighted by Crippen LogP contribution is -2.37. The van der Waals surface area contributed by atoms with Gasteiger partial charge >= 0.3 is 23.9 Å². The first-order chi connectivity index (χ1) is 24.7. The monoisotopic (exact) mass is 734 g/mol. The number of esters is 4. The summed E-state index contributed by atoms with van der Waals surface area (Å²) < 4.78 is 52.1. The van der Waals surface area contributed by atoms with E-state index in [0.29, 0.717) is 59.1 Å². The average Bonchev–Trinajstić information content (AvgIpc) is 3.47. The summed E-state index contributed by atoms with van der Waals surface area (Å²) in [5, 5.41) is 0. The van der Waals surface area contributed by atoms with E-state index in [1.165, 1.54) is 6.92 Å². The summed E-state index contributed by atoms with van der Waals surface area (Å²) in [6, 6.07) is 3.42. The van der Waals surface area contributed by atoms with Gasteiger partial charge in [-0.1, -0.05) is 25.0 Å².